The molecule has 2 saturated heterocycles. The van der Waals surface area contributed by atoms with Gasteiger partial charge in [0, 0.05) is 71.2 Å². The normalized spacial score (nSPS) is 22.5. The molecule has 7 heteroatoms. The summed E-state index contributed by atoms with van der Waals surface area (Å²) in [5.41, 5.74) is 1.14. The molecule has 0 aliphatic carbocycles. The van der Waals surface area contributed by atoms with E-state index in [1.165, 1.54) is 0 Å². The van der Waals surface area contributed by atoms with Crippen LogP contribution in [0, 0.1) is 0 Å². The fourth-order valence-electron chi connectivity index (χ4n) is 3.38. The van der Waals surface area contributed by atoms with Crippen molar-refractivity contribution in [1.82, 2.24) is 25.0 Å². The maximum absolute atomic E-state index is 12.7. The second-order valence-electron chi connectivity index (χ2n) is 6.36. The zero-order chi connectivity index (χ0) is 16.9. The maximum atomic E-state index is 12.7. The van der Waals surface area contributed by atoms with Crippen LogP contribution in [-0.2, 0) is 9.59 Å². The first-order chi connectivity index (χ1) is 11.6. The lowest BCUT2D eigenvalue weighted by atomic mass is 10.1. The Morgan fingerprint density at radius 3 is 2.62 bits per heavy atom. The van der Waals surface area contributed by atoms with Crippen molar-refractivity contribution >= 4 is 11.8 Å². The number of hydrogen-bond acceptors (Lipinski definition) is 5. The van der Waals surface area contributed by atoms with E-state index in [1.807, 2.05) is 17.2 Å². The molecule has 0 aromatic carbocycles. The van der Waals surface area contributed by atoms with E-state index in [1.54, 1.807) is 18.0 Å². The maximum Gasteiger partial charge on any atom is 0.236 e. The molecule has 2 amide bonds. The number of aromatic nitrogens is 1. The third-order valence-corrected chi connectivity index (χ3v) is 4.84. The Morgan fingerprint density at radius 1 is 1.21 bits per heavy atom. The lowest BCUT2D eigenvalue weighted by Gasteiger charge is -2.39. The minimum atomic E-state index is 0.0841. The Labute approximate surface area is 142 Å². The molecule has 2 aliphatic rings. The van der Waals surface area contributed by atoms with Crippen molar-refractivity contribution in [2.24, 2.45) is 0 Å². The average molecular weight is 331 g/mol. The number of pyridine rings is 1. The third-order valence-electron chi connectivity index (χ3n) is 4.84. The van der Waals surface area contributed by atoms with E-state index in [9.17, 15) is 9.59 Å². The van der Waals surface area contributed by atoms with Crippen molar-refractivity contribution in [3.63, 3.8) is 0 Å². The summed E-state index contributed by atoms with van der Waals surface area (Å²) in [4.78, 5) is 34.2. The van der Waals surface area contributed by atoms with Gasteiger partial charge in [-0.25, -0.2) is 0 Å². The molecular formula is C17H25N5O2. The summed E-state index contributed by atoms with van der Waals surface area (Å²) in [7, 11) is 0. The van der Waals surface area contributed by atoms with Crippen LogP contribution in [-0.4, -0.2) is 83.9 Å². The average Bonchev–Trinajstić information content (AvgIpc) is 2.63. The predicted molar refractivity (Wildman–Crippen MR) is 90.3 cm³/mol. The van der Waals surface area contributed by atoms with Crippen LogP contribution >= 0.6 is 0 Å². The molecule has 7 nitrogen and oxygen atoms in total. The van der Waals surface area contributed by atoms with Crippen LogP contribution in [0.5, 0.6) is 0 Å². The molecule has 3 rings (SSSR count). The van der Waals surface area contributed by atoms with Crippen LogP contribution in [0.1, 0.15) is 18.5 Å². The standard InChI is InChI=1S/C17H25N5O2/c1-14(23)20-7-9-21(10-8-20)17(24)13-22-6-5-19-12-16(22)15-3-2-4-18-11-15/h2-4,11,16,19H,5-10,12-13H2,1H3. The molecular weight excluding hydrogens is 306 g/mol. The Morgan fingerprint density at radius 2 is 1.96 bits per heavy atom. The zero-order valence-electron chi connectivity index (χ0n) is 14.1. The number of carbonyl (C=O) groups excluding carboxylic acids is 2. The molecule has 1 aromatic rings. The highest BCUT2D eigenvalue weighted by molar-refractivity contribution is 5.79. The molecule has 0 bridgehead atoms. The first-order valence-corrected chi connectivity index (χ1v) is 8.53. The topological polar surface area (TPSA) is 68.8 Å². The molecule has 0 saturated carbocycles. The molecule has 130 valence electrons. The molecule has 24 heavy (non-hydrogen) atoms. The minimum absolute atomic E-state index is 0.0841. The molecule has 1 atom stereocenters. The van der Waals surface area contributed by atoms with Crippen molar-refractivity contribution in [1.29, 1.82) is 0 Å². The Bertz CT molecular complexity index is 572. The fraction of sp³-hybridized carbons (Fsp3) is 0.588. The van der Waals surface area contributed by atoms with E-state index < -0.39 is 0 Å². The van der Waals surface area contributed by atoms with Crippen LogP contribution in [0.4, 0.5) is 0 Å². The summed E-state index contributed by atoms with van der Waals surface area (Å²) in [6, 6.07) is 4.17. The molecule has 1 aromatic heterocycles. The van der Waals surface area contributed by atoms with Gasteiger partial charge in [0.15, 0.2) is 0 Å². The van der Waals surface area contributed by atoms with Crippen LogP contribution < -0.4 is 5.32 Å². The lowest BCUT2D eigenvalue weighted by Crippen LogP contribution is -2.54. The van der Waals surface area contributed by atoms with Crippen molar-refractivity contribution in [2.75, 3.05) is 52.4 Å². The Hall–Kier alpha value is -1.99. The summed E-state index contributed by atoms with van der Waals surface area (Å²) in [5, 5.41) is 3.40. The summed E-state index contributed by atoms with van der Waals surface area (Å²) in [6.45, 7) is 7.09. The number of piperazine rings is 2. The SMILES string of the molecule is CC(=O)N1CCN(C(=O)CN2CCNCC2c2cccnc2)CC1. The van der Waals surface area contributed by atoms with Gasteiger partial charge in [0.05, 0.1) is 6.54 Å². The number of amides is 2. The van der Waals surface area contributed by atoms with Gasteiger partial charge in [0.1, 0.15) is 0 Å². The highest BCUT2D eigenvalue weighted by atomic mass is 16.2. The highest BCUT2D eigenvalue weighted by Gasteiger charge is 2.29. The quantitative estimate of drug-likeness (QED) is 0.825. The van der Waals surface area contributed by atoms with E-state index >= 15 is 0 Å². The predicted octanol–water partition coefficient (Wildman–Crippen LogP) is -0.281. The third kappa shape index (κ3) is 3.91. The number of rotatable bonds is 3. The van der Waals surface area contributed by atoms with E-state index in [-0.39, 0.29) is 17.9 Å². The zero-order valence-corrected chi connectivity index (χ0v) is 14.1. The van der Waals surface area contributed by atoms with Crippen LogP contribution in [0.15, 0.2) is 24.5 Å². The summed E-state index contributed by atoms with van der Waals surface area (Å²) in [5.74, 6) is 0.231. The highest BCUT2D eigenvalue weighted by Crippen LogP contribution is 2.21. The van der Waals surface area contributed by atoms with Crippen molar-refractivity contribution in [3.05, 3.63) is 30.1 Å². The van der Waals surface area contributed by atoms with Gasteiger partial charge < -0.3 is 15.1 Å². The number of nitrogens with one attached hydrogen (secondary N) is 1. The first-order valence-electron chi connectivity index (χ1n) is 8.53. The van der Waals surface area contributed by atoms with Crippen molar-refractivity contribution in [2.45, 2.75) is 13.0 Å². The Balaban J connectivity index is 1.59. The largest absolute Gasteiger partial charge is 0.339 e. The van der Waals surface area contributed by atoms with E-state index in [2.05, 4.69) is 21.3 Å². The summed E-state index contributed by atoms with van der Waals surface area (Å²) >= 11 is 0. The monoisotopic (exact) mass is 331 g/mol. The second-order valence-corrected chi connectivity index (χ2v) is 6.36. The molecule has 2 fully saturated rings. The van der Waals surface area contributed by atoms with Crippen LogP contribution in [0.2, 0.25) is 0 Å². The summed E-state index contributed by atoms with van der Waals surface area (Å²) < 4.78 is 0. The van der Waals surface area contributed by atoms with Gasteiger partial charge in [-0.2, -0.15) is 0 Å². The molecule has 1 unspecified atom stereocenters. The van der Waals surface area contributed by atoms with Crippen molar-refractivity contribution in [3.8, 4) is 0 Å². The van der Waals surface area contributed by atoms with Gasteiger partial charge in [-0.15, -0.1) is 0 Å². The first kappa shape index (κ1) is 16.9. The van der Waals surface area contributed by atoms with Crippen LogP contribution in [0.25, 0.3) is 0 Å². The molecule has 0 radical (unpaired) electrons. The number of hydrogen-bond donors (Lipinski definition) is 1. The fourth-order valence-corrected chi connectivity index (χ4v) is 3.38. The molecule has 0 spiro atoms. The second kappa shape index (κ2) is 7.72. The van der Waals surface area contributed by atoms with Gasteiger partial charge in [-0.1, -0.05) is 6.07 Å². The van der Waals surface area contributed by atoms with Gasteiger partial charge in [0.25, 0.3) is 0 Å². The number of nitrogens with zero attached hydrogens (tertiary/aromatic N) is 4. The minimum Gasteiger partial charge on any atom is -0.339 e. The van der Waals surface area contributed by atoms with Gasteiger partial charge in [-0.3, -0.25) is 19.5 Å². The summed E-state index contributed by atoms with van der Waals surface area (Å²) in [6.07, 6.45) is 3.64. The smallest absolute Gasteiger partial charge is 0.236 e. The number of carbonyl (C=O) groups is 2. The van der Waals surface area contributed by atoms with Crippen LogP contribution in [0.3, 0.4) is 0 Å². The Kier molecular flexibility index (Phi) is 5.42. The molecule has 3 heterocycles. The lowest BCUT2D eigenvalue weighted by molar-refractivity contribution is -0.139. The van der Waals surface area contributed by atoms with Gasteiger partial charge in [0.2, 0.25) is 11.8 Å². The van der Waals surface area contributed by atoms with E-state index in [0.29, 0.717) is 32.7 Å². The van der Waals surface area contributed by atoms with Gasteiger partial charge in [-0.05, 0) is 11.6 Å². The van der Waals surface area contributed by atoms with Gasteiger partial charge >= 0.3 is 0 Å². The molecule has 1 N–H and O–H groups in total. The van der Waals surface area contributed by atoms with Crippen molar-refractivity contribution < 1.29 is 9.59 Å². The molecule has 2 aliphatic heterocycles. The van der Waals surface area contributed by atoms with E-state index in [4.69, 9.17) is 0 Å². The van der Waals surface area contributed by atoms with E-state index in [0.717, 1.165) is 25.2 Å².